The molecule has 116 valence electrons. The Labute approximate surface area is 128 Å². The summed E-state index contributed by atoms with van der Waals surface area (Å²) in [5.41, 5.74) is 0.535. The van der Waals surface area contributed by atoms with Crippen LogP contribution >= 0.6 is 0 Å². The highest BCUT2D eigenvalue weighted by atomic mass is 19.1. The summed E-state index contributed by atoms with van der Waals surface area (Å²) >= 11 is 0. The van der Waals surface area contributed by atoms with E-state index < -0.39 is 17.3 Å². The number of anilines is 1. The number of carboxylic acids is 1. The van der Waals surface area contributed by atoms with Crippen molar-refractivity contribution in [3.05, 3.63) is 59.4 Å². The van der Waals surface area contributed by atoms with Gasteiger partial charge in [0.25, 0.3) is 0 Å². The summed E-state index contributed by atoms with van der Waals surface area (Å²) in [6.45, 7) is 3.78. The first-order chi connectivity index (χ1) is 10.3. The van der Waals surface area contributed by atoms with Gasteiger partial charge in [0.05, 0.1) is 23.9 Å². The van der Waals surface area contributed by atoms with Crippen LogP contribution in [0.15, 0.2) is 42.5 Å². The molecule has 2 aromatic rings. The van der Waals surface area contributed by atoms with Crippen LogP contribution < -0.4 is 10.1 Å². The van der Waals surface area contributed by atoms with E-state index >= 15 is 0 Å². The first-order valence-corrected chi connectivity index (χ1v) is 6.79. The van der Waals surface area contributed by atoms with E-state index in [1.807, 2.05) is 38.1 Å². The van der Waals surface area contributed by atoms with Crippen molar-refractivity contribution in [3.8, 4) is 5.75 Å². The number of carbonyl (C=O) groups is 1. The lowest BCUT2D eigenvalue weighted by Crippen LogP contribution is -2.28. The minimum atomic E-state index is -1.09. The monoisotopic (exact) mass is 303 g/mol. The molecule has 0 aliphatic carbocycles. The van der Waals surface area contributed by atoms with Crippen LogP contribution in [0.1, 0.15) is 29.8 Å². The maximum atomic E-state index is 13.9. The standard InChI is InChI=1S/C17H18FNO3/c1-17(2,12-5-7-13(22-3)8-6-12)19-15-10-11(16(20)21)4-9-14(15)18/h4-10,19H,1-3H3,(H,20,21). The Kier molecular flexibility index (Phi) is 4.35. The number of aromatic carboxylic acids is 1. The van der Waals surface area contributed by atoms with Gasteiger partial charge in [-0.1, -0.05) is 12.1 Å². The van der Waals surface area contributed by atoms with Crippen LogP contribution in [0.4, 0.5) is 10.1 Å². The SMILES string of the molecule is COc1ccc(C(C)(C)Nc2cc(C(=O)O)ccc2F)cc1. The number of methoxy groups -OCH3 is 1. The fraction of sp³-hybridized carbons (Fsp3) is 0.235. The molecule has 4 nitrogen and oxygen atoms in total. The summed E-state index contributed by atoms with van der Waals surface area (Å²) in [5.74, 6) is -0.851. The quantitative estimate of drug-likeness (QED) is 0.880. The number of carboxylic acid groups (broad SMARTS) is 1. The average Bonchev–Trinajstić information content (AvgIpc) is 2.49. The van der Waals surface area contributed by atoms with Crippen LogP contribution in [0.3, 0.4) is 0 Å². The van der Waals surface area contributed by atoms with E-state index in [9.17, 15) is 9.18 Å². The molecule has 0 unspecified atom stereocenters. The topological polar surface area (TPSA) is 58.6 Å². The van der Waals surface area contributed by atoms with Crippen molar-refractivity contribution in [2.45, 2.75) is 19.4 Å². The van der Waals surface area contributed by atoms with E-state index in [-0.39, 0.29) is 11.3 Å². The summed E-state index contributed by atoms with van der Waals surface area (Å²) in [6.07, 6.45) is 0. The Hall–Kier alpha value is -2.56. The predicted octanol–water partition coefficient (Wildman–Crippen LogP) is 3.88. The maximum absolute atomic E-state index is 13.9. The van der Waals surface area contributed by atoms with E-state index in [1.165, 1.54) is 12.1 Å². The third-order valence-corrected chi connectivity index (χ3v) is 3.47. The van der Waals surface area contributed by atoms with Gasteiger partial charge in [-0.05, 0) is 49.7 Å². The Morgan fingerprint density at radius 1 is 1.18 bits per heavy atom. The van der Waals surface area contributed by atoms with E-state index in [0.29, 0.717) is 0 Å². The van der Waals surface area contributed by atoms with Crippen LogP contribution in [-0.4, -0.2) is 18.2 Å². The summed E-state index contributed by atoms with van der Waals surface area (Å²) < 4.78 is 19.0. The van der Waals surface area contributed by atoms with Crippen molar-refractivity contribution >= 4 is 11.7 Å². The molecule has 5 heteroatoms. The highest BCUT2D eigenvalue weighted by molar-refractivity contribution is 5.88. The molecule has 2 aromatic carbocycles. The fourth-order valence-corrected chi connectivity index (χ4v) is 2.17. The molecule has 0 heterocycles. The molecule has 0 amide bonds. The Bertz CT molecular complexity index is 681. The van der Waals surface area contributed by atoms with Crippen LogP contribution in [-0.2, 0) is 5.54 Å². The van der Waals surface area contributed by atoms with Gasteiger partial charge in [0, 0.05) is 0 Å². The zero-order chi connectivity index (χ0) is 16.3. The Morgan fingerprint density at radius 3 is 2.36 bits per heavy atom. The number of benzene rings is 2. The van der Waals surface area contributed by atoms with Gasteiger partial charge in [0.15, 0.2) is 0 Å². The number of halogens is 1. The smallest absolute Gasteiger partial charge is 0.335 e. The lowest BCUT2D eigenvalue weighted by Gasteiger charge is -2.28. The van der Waals surface area contributed by atoms with Gasteiger partial charge in [-0.25, -0.2) is 9.18 Å². The highest BCUT2D eigenvalue weighted by Gasteiger charge is 2.22. The number of hydrogen-bond donors (Lipinski definition) is 2. The first kappa shape index (κ1) is 15.8. The van der Waals surface area contributed by atoms with Crippen molar-refractivity contribution < 1.29 is 19.0 Å². The van der Waals surface area contributed by atoms with E-state index in [1.54, 1.807) is 7.11 Å². The number of nitrogens with one attached hydrogen (secondary N) is 1. The van der Waals surface area contributed by atoms with Gasteiger partial charge in [-0.3, -0.25) is 0 Å². The molecule has 0 fully saturated rings. The molecule has 0 spiro atoms. The molecule has 0 saturated heterocycles. The van der Waals surface area contributed by atoms with E-state index in [2.05, 4.69) is 5.32 Å². The number of hydrogen-bond acceptors (Lipinski definition) is 3. The summed E-state index contributed by atoms with van der Waals surface area (Å²) in [4.78, 5) is 11.0. The normalized spacial score (nSPS) is 11.1. The Morgan fingerprint density at radius 2 is 1.82 bits per heavy atom. The van der Waals surface area contributed by atoms with Crippen molar-refractivity contribution in [1.82, 2.24) is 0 Å². The molecule has 2 rings (SSSR count). The average molecular weight is 303 g/mol. The summed E-state index contributed by atoms with van der Waals surface area (Å²) in [7, 11) is 1.59. The largest absolute Gasteiger partial charge is 0.497 e. The summed E-state index contributed by atoms with van der Waals surface area (Å²) in [5, 5.41) is 12.1. The van der Waals surface area contributed by atoms with Gasteiger partial charge < -0.3 is 15.2 Å². The van der Waals surface area contributed by atoms with E-state index in [4.69, 9.17) is 9.84 Å². The predicted molar refractivity (Wildman–Crippen MR) is 83.0 cm³/mol. The molecule has 0 saturated carbocycles. The zero-order valence-corrected chi connectivity index (χ0v) is 12.7. The van der Waals surface area contributed by atoms with Crippen molar-refractivity contribution in [3.63, 3.8) is 0 Å². The van der Waals surface area contributed by atoms with Gasteiger partial charge in [0.2, 0.25) is 0 Å². The van der Waals surface area contributed by atoms with Crippen LogP contribution in [0.5, 0.6) is 5.75 Å². The lowest BCUT2D eigenvalue weighted by molar-refractivity contribution is 0.0697. The fourth-order valence-electron chi connectivity index (χ4n) is 2.17. The maximum Gasteiger partial charge on any atom is 0.335 e. The van der Waals surface area contributed by atoms with Gasteiger partial charge >= 0.3 is 5.97 Å². The molecule has 2 N–H and O–H groups in total. The van der Waals surface area contributed by atoms with Crippen LogP contribution in [0.25, 0.3) is 0 Å². The molecule has 0 bridgehead atoms. The zero-order valence-electron chi connectivity index (χ0n) is 12.7. The molecule has 0 aromatic heterocycles. The third kappa shape index (κ3) is 3.36. The number of rotatable bonds is 5. The van der Waals surface area contributed by atoms with Gasteiger partial charge in [-0.2, -0.15) is 0 Å². The number of ether oxygens (including phenoxy) is 1. The highest BCUT2D eigenvalue weighted by Crippen LogP contribution is 2.29. The second kappa shape index (κ2) is 6.05. The van der Waals surface area contributed by atoms with Crippen LogP contribution in [0, 0.1) is 5.82 Å². The molecule has 0 radical (unpaired) electrons. The Balaban J connectivity index is 2.30. The molecular weight excluding hydrogens is 285 g/mol. The molecule has 0 atom stereocenters. The minimum absolute atomic E-state index is 0.0365. The van der Waals surface area contributed by atoms with Crippen molar-refractivity contribution in [1.29, 1.82) is 0 Å². The molecule has 0 aliphatic heterocycles. The lowest BCUT2D eigenvalue weighted by atomic mass is 9.93. The summed E-state index contributed by atoms with van der Waals surface area (Å²) in [6, 6.07) is 11.1. The third-order valence-electron chi connectivity index (χ3n) is 3.47. The first-order valence-electron chi connectivity index (χ1n) is 6.79. The van der Waals surface area contributed by atoms with E-state index in [0.717, 1.165) is 17.4 Å². The second-order valence-corrected chi connectivity index (χ2v) is 5.48. The molecule has 0 aliphatic rings. The van der Waals surface area contributed by atoms with Gasteiger partial charge in [0.1, 0.15) is 11.6 Å². The van der Waals surface area contributed by atoms with Crippen molar-refractivity contribution in [2.75, 3.05) is 12.4 Å². The van der Waals surface area contributed by atoms with Crippen LogP contribution in [0.2, 0.25) is 0 Å². The molecular formula is C17H18FNO3. The second-order valence-electron chi connectivity index (χ2n) is 5.48. The molecule has 22 heavy (non-hydrogen) atoms. The minimum Gasteiger partial charge on any atom is -0.497 e. The van der Waals surface area contributed by atoms with Crippen molar-refractivity contribution in [2.24, 2.45) is 0 Å². The van der Waals surface area contributed by atoms with Gasteiger partial charge in [-0.15, -0.1) is 0 Å².